The molecular weight excluding hydrogens is 324 g/mol. The van der Waals surface area contributed by atoms with Gasteiger partial charge in [0, 0.05) is 17.7 Å². The number of rotatable bonds is 4. The fourth-order valence-electron chi connectivity index (χ4n) is 3.07. The number of benzene rings is 2. The molecule has 0 bridgehead atoms. The van der Waals surface area contributed by atoms with Crippen LogP contribution in [-0.2, 0) is 24.4 Å². The van der Waals surface area contributed by atoms with E-state index in [1.165, 1.54) is 11.1 Å². The molecule has 122 valence electrons. The van der Waals surface area contributed by atoms with Crippen LogP contribution in [0.2, 0.25) is 5.02 Å². The highest BCUT2D eigenvalue weighted by atomic mass is 35.5. The van der Waals surface area contributed by atoms with Crippen molar-refractivity contribution in [2.75, 3.05) is 12.1 Å². The Kier molecular flexibility index (Phi) is 3.96. The summed E-state index contributed by atoms with van der Waals surface area (Å²) in [6.07, 6.45) is 0. The number of hydrogen-bond donors (Lipinski definition) is 0. The molecule has 4 rings (SSSR count). The third-order valence-electron chi connectivity index (χ3n) is 4.21. The van der Waals surface area contributed by atoms with Crippen LogP contribution in [0, 0.1) is 0 Å². The van der Waals surface area contributed by atoms with Crippen molar-refractivity contribution < 1.29 is 4.74 Å². The largest absolute Gasteiger partial charge is 0.378 e. The Hall–Kier alpha value is -2.37. The zero-order chi connectivity index (χ0) is 16.5. The van der Waals surface area contributed by atoms with Gasteiger partial charge < -0.3 is 4.74 Å². The van der Waals surface area contributed by atoms with Crippen LogP contribution in [0.1, 0.15) is 16.8 Å². The van der Waals surface area contributed by atoms with Crippen molar-refractivity contribution in [3.63, 3.8) is 0 Å². The molecule has 1 aromatic heterocycles. The van der Waals surface area contributed by atoms with Crippen LogP contribution in [0.3, 0.4) is 0 Å². The first kappa shape index (κ1) is 15.2. The number of ether oxygens (including phenoxy) is 1. The van der Waals surface area contributed by atoms with Gasteiger partial charge in [0.2, 0.25) is 0 Å². The minimum absolute atomic E-state index is 0.415. The van der Waals surface area contributed by atoms with Crippen molar-refractivity contribution in [2.24, 2.45) is 0 Å². The number of fused-ring (bicyclic) bond motifs is 1. The Balaban J connectivity index is 1.75. The summed E-state index contributed by atoms with van der Waals surface area (Å²) in [5.41, 5.74) is 5.43. The molecule has 0 radical (unpaired) electrons. The first-order valence-corrected chi connectivity index (χ1v) is 8.15. The minimum atomic E-state index is 0.415. The summed E-state index contributed by atoms with van der Waals surface area (Å²) in [6.45, 7) is 2.04. The number of methoxy groups -OCH3 is 1. The molecule has 0 atom stereocenters. The summed E-state index contributed by atoms with van der Waals surface area (Å²) in [4.78, 5) is 1.89. The molecule has 2 heterocycles. The molecule has 2 aromatic carbocycles. The highest BCUT2D eigenvalue weighted by Gasteiger charge is 2.24. The van der Waals surface area contributed by atoms with E-state index >= 15 is 0 Å². The fraction of sp³-hybridized carbons (Fsp3) is 0.222. The first-order valence-electron chi connectivity index (χ1n) is 7.77. The molecule has 5 nitrogen and oxygen atoms in total. The molecule has 0 unspecified atom stereocenters. The molecule has 1 aliphatic rings. The van der Waals surface area contributed by atoms with Crippen LogP contribution in [0.15, 0.2) is 48.5 Å². The second kappa shape index (κ2) is 6.26. The maximum Gasteiger partial charge on any atom is 0.119 e. The molecule has 1 aliphatic heterocycles. The highest BCUT2D eigenvalue weighted by Crippen LogP contribution is 2.28. The van der Waals surface area contributed by atoms with Crippen LogP contribution >= 0.6 is 11.6 Å². The van der Waals surface area contributed by atoms with Gasteiger partial charge in [0.25, 0.3) is 0 Å². The van der Waals surface area contributed by atoms with E-state index in [-0.39, 0.29) is 0 Å². The van der Waals surface area contributed by atoms with Gasteiger partial charge in [0.05, 0.1) is 19.7 Å². The SMILES string of the molecule is COCc1nnn(N2Cc3ccccc3C2)c1-c1ccc(Cl)cc1. The van der Waals surface area contributed by atoms with Gasteiger partial charge in [-0.05, 0) is 28.5 Å². The molecule has 0 spiro atoms. The Morgan fingerprint density at radius 3 is 2.33 bits per heavy atom. The van der Waals surface area contributed by atoms with Crippen LogP contribution in [0.4, 0.5) is 0 Å². The van der Waals surface area contributed by atoms with Crippen molar-refractivity contribution >= 4 is 11.6 Å². The quantitative estimate of drug-likeness (QED) is 0.730. The molecule has 0 saturated carbocycles. The van der Waals surface area contributed by atoms with Gasteiger partial charge in [-0.25, -0.2) is 0 Å². The van der Waals surface area contributed by atoms with Crippen molar-refractivity contribution in [1.82, 2.24) is 15.1 Å². The first-order chi connectivity index (χ1) is 11.8. The summed E-state index contributed by atoms with van der Waals surface area (Å²) in [5.74, 6) is 0. The molecule has 0 fully saturated rings. The Bertz CT molecular complexity index is 835. The lowest BCUT2D eigenvalue weighted by Gasteiger charge is -2.20. The van der Waals surface area contributed by atoms with Crippen LogP contribution < -0.4 is 5.01 Å². The van der Waals surface area contributed by atoms with Gasteiger partial charge in [-0.3, -0.25) is 5.01 Å². The van der Waals surface area contributed by atoms with Gasteiger partial charge in [0.1, 0.15) is 11.4 Å². The lowest BCUT2D eigenvalue weighted by molar-refractivity contribution is 0.182. The van der Waals surface area contributed by atoms with Gasteiger partial charge >= 0.3 is 0 Å². The number of aromatic nitrogens is 3. The summed E-state index contributed by atoms with van der Waals surface area (Å²) < 4.78 is 5.29. The number of nitrogens with zero attached hydrogens (tertiary/aromatic N) is 4. The molecule has 0 saturated heterocycles. The minimum Gasteiger partial charge on any atom is -0.378 e. The van der Waals surface area contributed by atoms with E-state index in [9.17, 15) is 0 Å². The van der Waals surface area contributed by atoms with Crippen LogP contribution in [0.25, 0.3) is 11.3 Å². The Labute approximate surface area is 145 Å². The summed E-state index contributed by atoms with van der Waals surface area (Å²) in [5, 5.41) is 11.6. The lowest BCUT2D eigenvalue weighted by Crippen LogP contribution is -2.30. The third-order valence-corrected chi connectivity index (χ3v) is 4.47. The van der Waals surface area contributed by atoms with Crippen molar-refractivity contribution in [1.29, 1.82) is 0 Å². The molecule has 0 N–H and O–H groups in total. The van der Waals surface area contributed by atoms with E-state index in [0.29, 0.717) is 11.6 Å². The van der Waals surface area contributed by atoms with Crippen LogP contribution in [0.5, 0.6) is 0 Å². The lowest BCUT2D eigenvalue weighted by atomic mass is 10.1. The van der Waals surface area contributed by atoms with Crippen LogP contribution in [-0.4, -0.2) is 22.2 Å². The van der Waals surface area contributed by atoms with Gasteiger partial charge in [-0.15, -0.1) is 5.10 Å². The zero-order valence-electron chi connectivity index (χ0n) is 13.3. The second-order valence-electron chi connectivity index (χ2n) is 5.81. The highest BCUT2D eigenvalue weighted by molar-refractivity contribution is 6.30. The monoisotopic (exact) mass is 340 g/mol. The maximum atomic E-state index is 6.03. The van der Waals surface area contributed by atoms with Crippen molar-refractivity contribution in [3.8, 4) is 11.3 Å². The predicted molar refractivity (Wildman–Crippen MR) is 93.2 cm³/mol. The maximum absolute atomic E-state index is 6.03. The zero-order valence-corrected chi connectivity index (χ0v) is 14.1. The molecule has 24 heavy (non-hydrogen) atoms. The number of hydrogen-bond acceptors (Lipinski definition) is 4. The standard InChI is InChI=1S/C18H17ClN4O/c1-24-12-17-18(13-6-8-16(19)9-7-13)23(21-20-17)22-10-14-4-2-3-5-15(14)11-22/h2-9H,10-12H2,1H3. The van der Waals surface area contributed by atoms with E-state index < -0.39 is 0 Å². The normalized spacial score (nSPS) is 13.3. The second-order valence-corrected chi connectivity index (χ2v) is 6.24. The molecule has 0 amide bonds. The van der Waals surface area contributed by atoms with E-state index in [0.717, 1.165) is 30.0 Å². The average molecular weight is 341 g/mol. The van der Waals surface area contributed by atoms with Gasteiger partial charge in [-0.2, -0.15) is 4.79 Å². The number of halogens is 1. The van der Waals surface area contributed by atoms with Gasteiger partial charge in [-0.1, -0.05) is 48.0 Å². The molecule has 6 heteroatoms. The van der Waals surface area contributed by atoms with E-state index in [1.807, 2.05) is 29.1 Å². The summed E-state index contributed by atoms with van der Waals surface area (Å²) in [6, 6.07) is 16.2. The smallest absolute Gasteiger partial charge is 0.119 e. The van der Waals surface area contributed by atoms with Gasteiger partial charge in [0.15, 0.2) is 0 Å². The third kappa shape index (κ3) is 2.66. The summed E-state index contributed by atoms with van der Waals surface area (Å²) in [7, 11) is 1.66. The van der Waals surface area contributed by atoms with Crippen molar-refractivity contribution in [3.05, 3.63) is 70.4 Å². The van der Waals surface area contributed by atoms with E-state index in [2.05, 4.69) is 39.6 Å². The fourth-order valence-corrected chi connectivity index (χ4v) is 3.20. The molecule has 0 aliphatic carbocycles. The summed E-state index contributed by atoms with van der Waals surface area (Å²) >= 11 is 6.03. The predicted octanol–water partition coefficient (Wildman–Crippen LogP) is 3.40. The van der Waals surface area contributed by atoms with E-state index in [4.69, 9.17) is 16.3 Å². The van der Waals surface area contributed by atoms with Crippen molar-refractivity contribution in [2.45, 2.75) is 19.7 Å². The average Bonchev–Trinajstić information content (AvgIpc) is 3.19. The topological polar surface area (TPSA) is 43.2 Å². The van der Waals surface area contributed by atoms with E-state index in [1.54, 1.807) is 7.11 Å². The Morgan fingerprint density at radius 2 is 1.71 bits per heavy atom. The Morgan fingerprint density at radius 1 is 1.04 bits per heavy atom. The molecular formula is C18H17ClN4O. The molecule has 3 aromatic rings.